The molecule has 2 unspecified atom stereocenters. The lowest BCUT2D eigenvalue weighted by molar-refractivity contribution is 0.564. The molecule has 0 saturated heterocycles. The zero-order valence-electron chi connectivity index (χ0n) is 6.30. The Bertz CT molecular complexity index is 98.6. The predicted molar refractivity (Wildman–Crippen MR) is 41.0 cm³/mol. The summed E-state index contributed by atoms with van der Waals surface area (Å²) in [6.45, 7) is 4.36. The lowest BCUT2D eigenvalue weighted by Crippen LogP contribution is -1.95. The summed E-state index contributed by atoms with van der Waals surface area (Å²) in [5.41, 5.74) is 0. The van der Waals surface area contributed by atoms with Crippen LogP contribution in [0.3, 0.4) is 0 Å². The Balaban J connectivity index is 2.28. The third-order valence-corrected chi connectivity index (χ3v) is 1.97. The maximum absolute atomic E-state index is 2.40. The summed E-state index contributed by atoms with van der Waals surface area (Å²) in [4.78, 5) is 0. The van der Waals surface area contributed by atoms with Gasteiger partial charge in [-0.3, -0.25) is 0 Å². The van der Waals surface area contributed by atoms with E-state index in [4.69, 9.17) is 0 Å². The van der Waals surface area contributed by atoms with Gasteiger partial charge in [-0.05, 0) is 38.0 Å². The van der Waals surface area contributed by atoms with Crippen LogP contribution in [0.2, 0.25) is 0 Å². The van der Waals surface area contributed by atoms with Gasteiger partial charge >= 0.3 is 0 Å². The van der Waals surface area contributed by atoms with Crippen LogP contribution in [0, 0.1) is 18.3 Å². The van der Waals surface area contributed by atoms with Gasteiger partial charge in [0.15, 0.2) is 0 Å². The highest BCUT2D eigenvalue weighted by atomic mass is 14.3. The van der Waals surface area contributed by atoms with Crippen molar-refractivity contribution in [3.63, 3.8) is 0 Å². The van der Waals surface area contributed by atoms with Crippen LogP contribution in [0.1, 0.15) is 26.7 Å². The fourth-order valence-electron chi connectivity index (χ4n) is 1.26. The van der Waals surface area contributed by atoms with Crippen LogP contribution in [0.4, 0.5) is 0 Å². The Morgan fingerprint density at radius 2 is 2.44 bits per heavy atom. The zero-order valence-corrected chi connectivity index (χ0v) is 6.30. The summed E-state index contributed by atoms with van der Waals surface area (Å²) in [5, 5.41) is 0. The fraction of sp³-hybridized carbons (Fsp3) is 0.667. The topological polar surface area (TPSA) is 0 Å². The van der Waals surface area contributed by atoms with E-state index >= 15 is 0 Å². The molecule has 0 aromatic heterocycles. The van der Waals surface area contributed by atoms with Crippen molar-refractivity contribution in [2.75, 3.05) is 0 Å². The second-order valence-corrected chi connectivity index (χ2v) is 2.73. The van der Waals surface area contributed by atoms with Crippen molar-refractivity contribution in [3.05, 3.63) is 18.6 Å². The van der Waals surface area contributed by atoms with Crippen molar-refractivity contribution < 1.29 is 0 Å². The van der Waals surface area contributed by atoms with Crippen LogP contribution < -0.4 is 0 Å². The second kappa shape index (κ2) is 3.05. The minimum Gasteiger partial charge on any atom is -0.0914 e. The van der Waals surface area contributed by atoms with E-state index in [0.29, 0.717) is 0 Å². The molecule has 0 N–H and O–H groups in total. The van der Waals surface area contributed by atoms with E-state index in [1.165, 1.54) is 12.8 Å². The molecular formula is C9H15. The molecule has 0 aliphatic heterocycles. The van der Waals surface area contributed by atoms with Gasteiger partial charge < -0.3 is 0 Å². The Morgan fingerprint density at radius 3 is 2.78 bits per heavy atom. The third-order valence-electron chi connectivity index (χ3n) is 1.97. The molecule has 1 saturated carbocycles. The summed E-state index contributed by atoms with van der Waals surface area (Å²) >= 11 is 0. The van der Waals surface area contributed by atoms with Gasteiger partial charge in [0.2, 0.25) is 0 Å². The molecule has 0 nitrogen and oxygen atoms in total. The molecule has 0 heterocycles. The molecule has 9 heavy (non-hydrogen) atoms. The molecule has 51 valence electrons. The smallest absolute Gasteiger partial charge is 0.0205 e. The molecule has 2 atom stereocenters. The summed E-state index contributed by atoms with van der Waals surface area (Å²) in [6.07, 6.45) is 9.54. The van der Waals surface area contributed by atoms with Crippen molar-refractivity contribution in [2.45, 2.75) is 26.7 Å². The van der Waals surface area contributed by atoms with Crippen LogP contribution in [-0.2, 0) is 0 Å². The average molecular weight is 123 g/mol. The first kappa shape index (κ1) is 6.85. The normalized spacial score (nSPS) is 22.9. The largest absolute Gasteiger partial charge is 0.0914 e. The van der Waals surface area contributed by atoms with Gasteiger partial charge in [0.05, 0.1) is 0 Å². The van der Waals surface area contributed by atoms with Crippen molar-refractivity contribution in [1.29, 1.82) is 0 Å². The molecule has 1 aliphatic rings. The van der Waals surface area contributed by atoms with Crippen LogP contribution in [0.5, 0.6) is 0 Å². The molecule has 0 aromatic carbocycles. The third kappa shape index (κ3) is 1.85. The fourth-order valence-corrected chi connectivity index (χ4v) is 1.26. The minimum atomic E-state index is 0.843. The zero-order chi connectivity index (χ0) is 6.69. The van der Waals surface area contributed by atoms with Crippen molar-refractivity contribution in [2.24, 2.45) is 11.8 Å². The van der Waals surface area contributed by atoms with Gasteiger partial charge in [0, 0.05) is 0 Å². The Morgan fingerprint density at radius 1 is 1.78 bits per heavy atom. The second-order valence-electron chi connectivity index (χ2n) is 2.73. The lowest BCUT2D eigenvalue weighted by Gasteiger charge is -2.05. The highest BCUT2D eigenvalue weighted by Crippen LogP contribution is 2.37. The van der Waals surface area contributed by atoms with E-state index in [-0.39, 0.29) is 0 Å². The molecule has 0 amide bonds. The molecular weight excluding hydrogens is 108 g/mol. The quantitative estimate of drug-likeness (QED) is 0.506. The maximum Gasteiger partial charge on any atom is -0.0205 e. The van der Waals surface area contributed by atoms with Gasteiger partial charge in [-0.15, -0.1) is 0 Å². The molecule has 1 rings (SSSR count). The van der Waals surface area contributed by atoms with Crippen LogP contribution >= 0.6 is 0 Å². The first-order valence-corrected chi connectivity index (χ1v) is 3.84. The summed E-state index contributed by atoms with van der Waals surface area (Å²) in [5.74, 6) is 1.76. The lowest BCUT2D eigenvalue weighted by atomic mass is 10.0. The molecule has 1 fully saturated rings. The molecule has 1 radical (unpaired) electrons. The first-order valence-electron chi connectivity index (χ1n) is 3.84. The molecule has 0 aromatic rings. The number of hydrogen-bond acceptors (Lipinski definition) is 0. The monoisotopic (exact) mass is 123 g/mol. The van der Waals surface area contributed by atoms with Gasteiger partial charge in [0.1, 0.15) is 0 Å². The Kier molecular flexibility index (Phi) is 2.32. The summed E-state index contributed by atoms with van der Waals surface area (Å²) in [7, 11) is 0. The van der Waals surface area contributed by atoms with E-state index in [2.05, 4.69) is 32.4 Å². The van der Waals surface area contributed by atoms with Gasteiger partial charge in [-0.25, -0.2) is 0 Å². The van der Waals surface area contributed by atoms with E-state index in [1.807, 2.05) is 0 Å². The Labute approximate surface area is 58.0 Å². The first-order chi connectivity index (χ1) is 4.38. The molecule has 0 heteroatoms. The van der Waals surface area contributed by atoms with Gasteiger partial charge in [-0.1, -0.05) is 19.1 Å². The van der Waals surface area contributed by atoms with Crippen molar-refractivity contribution in [1.82, 2.24) is 0 Å². The number of rotatable bonds is 3. The van der Waals surface area contributed by atoms with Crippen LogP contribution in [0.25, 0.3) is 0 Å². The maximum atomic E-state index is 2.40. The SMILES string of the molecule is CC=CC(CC)C1[CH]C1. The highest BCUT2D eigenvalue weighted by molar-refractivity contribution is 5.04. The standard InChI is InChI=1S/C9H15/c1-3-5-8(4-2)9-6-7-9/h3,5-6,8-9H,4,7H2,1-2H3. The highest BCUT2D eigenvalue weighted by Gasteiger charge is 2.27. The minimum absolute atomic E-state index is 0.843. The van der Waals surface area contributed by atoms with Crippen molar-refractivity contribution >= 4 is 0 Å². The van der Waals surface area contributed by atoms with Crippen molar-refractivity contribution in [3.8, 4) is 0 Å². The van der Waals surface area contributed by atoms with Gasteiger partial charge in [0.25, 0.3) is 0 Å². The van der Waals surface area contributed by atoms with E-state index in [0.717, 1.165) is 11.8 Å². The number of hydrogen-bond donors (Lipinski definition) is 0. The number of allylic oxidation sites excluding steroid dienone is 2. The average Bonchev–Trinajstić information content (AvgIpc) is 2.64. The Hall–Kier alpha value is -0.260. The molecule has 0 spiro atoms. The van der Waals surface area contributed by atoms with E-state index in [1.54, 1.807) is 0 Å². The molecule has 0 bridgehead atoms. The van der Waals surface area contributed by atoms with E-state index < -0.39 is 0 Å². The summed E-state index contributed by atoms with van der Waals surface area (Å²) < 4.78 is 0. The molecule has 1 aliphatic carbocycles. The van der Waals surface area contributed by atoms with Gasteiger partial charge in [-0.2, -0.15) is 0 Å². The van der Waals surface area contributed by atoms with Crippen LogP contribution in [0.15, 0.2) is 12.2 Å². The van der Waals surface area contributed by atoms with Crippen LogP contribution in [-0.4, -0.2) is 0 Å². The van der Waals surface area contributed by atoms with E-state index in [9.17, 15) is 0 Å². The predicted octanol–water partition coefficient (Wildman–Crippen LogP) is 2.81. The summed E-state index contributed by atoms with van der Waals surface area (Å²) in [6, 6.07) is 0.